The Morgan fingerprint density at radius 2 is 2.00 bits per heavy atom. The van der Waals surface area contributed by atoms with Gasteiger partial charge in [0.05, 0.1) is 0 Å². The number of aliphatic hydroxyl groups is 1. The molecule has 4 amide bonds. The molecule has 8 nitrogen and oxygen atoms in total. The fraction of sp³-hybridized carbons (Fsp3) is 0.438. The second kappa shape index (κ2) is 7.28. The van der Waals surface area contributed by atoms with Gasteiger partial charge in [0.15, 0.2) is 6.23 Å². The maximum Gasteiger partial charge on any atom is 0.320 e. The highest BCUT2D eigenvalue weighted by atomic mass is 35.5. The van der Waals surface area contributed by atoms with Crippen molar-refractivity contribution in [1.29, 1.82) is 0 Å². The minimum atomic E-state index is -1.36. The van der Waals surface area contributed by atoms with Gasteiger partial charge in [-0.15, -0.1) is 11.6 Å². The van der Waals surface area contributed by atoms with Crippen molar-refractivity contribution in [3.05, 3.63) is 35.9 Å². The molecule has 3 unspecified atom stereocenters. The van der Waals surface area contributed by atoms with Crippen molar-refractivity contribution < 1.29 is 19.5 Å². The minimum Gasteiger partial charge on any atom is -0.371 e. The van der Waals surface area contributed by atoms with E-state index >= 15 is 0 Å². The fourth-order valence-electron chi connectivity index (χ4n) is 3.15. The number of carbonyl (C=O) groups excluding carboxylic acids is 3. The zero-order valence-corrected chi connectivity index (χ0v) is 14.1. The Balaban J connectivity index is 1.84. The maximum atomic E-state index is 12.8. The Bertz CT molecular complexity index is 671. The number of amides is 4. The first-order valence-electron chi connectivity index (χ1n) is 7.99. The van der Waals surface area contributed by atoms with Crippen molar-refractivity contribution in [3.8, 4) is 0 Å². The topological polar surface area (TPSA) is 102 Å². The molecule has 1 aromatic rings. The number of nitrogens with zero attached hydrogens (tertiary/aromatic N) is 2. The molecule has 9 heteroatoms. The van der Waals surface area contributed by atoms with Crippen LogP contribution in [0.3, 0.4) is 0 Å². The Labute approximate surface area is 149 Å². The highest BCUT2D eigenvalue weighted by molar-refractivity contribution is 6.18. The summed E-state index contributed by atoms with van der Waals surface area (Å²) < 4.78 is 0. The number of urea groups is 1. The highest BCUT2D eigenvalue weighted by Gasteiger charge is 2.49. The van der Waals surface area contributed by atoms with Crippen LogP contribution in [0.15, 0.2) is 30.3 Å². The molecule has 3 rings (SSSR count). The number of fused-ring (bicyclic) bond motifs is 1. The van der Waals surface area contributed by atoms with E-state index in [-0.39, 0.29) is 11.8 Å². The highest BCUT2D eigenvalue weighted by Crippen LogP contribution is 2.21. The number of benzene rings is 1. The van der Waals surface area contributed by atoms with Gasteiger partial charge in [-0.05, 0) is 12.1 Å². The predicted octanol–water partition coefficient (Wildman–Crippen LogP) is -0.422. The average molecular weight is 367 g/mol. The van der Waals surface area contributed by atoms with E-state index in [0.29, 0.717) is 25.2 Å². The van der Waals surface area contributed by atoms with Crippen LogP contribution >= 0.6 is 11.6 Å². The van der Waals surface area contributed by atoms with E-state index in [1.807, 2.05) is 0 Å². The molecule has 0 spiro atoms. The average Bonchev–Trinajstić information content (AvgIpc) is 2.61. The number of carbonyl (C=O) groups is 3. The lowest BCUT2D eigenvalue weighted by Crippen LogP contribution is -2.75. The molecule has 1 aromatic carbocycles. The number of alkyl halides is 1. The molecule has 2 saturated heterocycles. The van der Waals surface area contributed by atoms with Crippen molar-refractivity contribution in [1.82, 2.24) is 20.4 Å². The van der Waals surface area contributed by atoms with Gasteiger partial charge in [-0.3, -0.25) is 9.59 Å². The van der Waals surface area contributed by atoms with Crippen LogP contribution in [0.25, 0.3) is 0 Å². The molecule has 134 valence electrons. The first-order valence-corrected chi connectivity index (χ1v) is 8.52. The minimum absolute atomic E-state index is 0.272. The Hall–Kier alpha value is -2.32. The Kier molecular flexibility index (Phi) is 5.10. The number of hydrogen-bond donors (Lipinski definition) is 3. The van der Waals surface area contributed by atoms with Gasteiger partial charge in [0.25, 0.3) is 5.91 Å². The van der Waals surface area contributed by atoms with E-state index < -0.39 is 30.2 Å². The van der Waals surface area contributed by atoms with Gasteiger partial charge in [-0.25, -0.2) is 4.79 Å². The molecule has 2 aliphatic heterocycles. The molecule has 0 aromatic heterocycles. The summed E-state index contributed by atoms with van der Waals surface area (Å²) in [6.45, 7) is 1.02. The summed E-state index contributed by atoms with van der Waals surface area (Å²) in [5.74, 6) is -0.490. The summed E-state index contributed by atoms with van der Waals surface area (Å²) in [6.07, 6.45) is -1.36. The lowest BCUT2D eigenvalue weighted by molar-refractivity contribution is -0.144. The van der Waals surface area contributed by atoms with Crippen LogP contribution in [0.4, 0.5) is 4.79 Å². The van der Waals surface area contributed by atoms with Gasteiger partial charge in [0.2, 0.25) is 5.91 Å². The zero-order valence-electron chi connectivity index (χ0n) is 13.4. The summed E-state index contributed by atoms with van der Waals surface area (Å²) in [7, 11) is 0. The number of hydrogen-bond acceptors (Lipinski definition) is 4. The summed E-state index contributed by atoms with van der Waals surface area (Å²) in [5, 5.41) is 15.3. The quantitative estimate of drug-likeness (QED) is 0.630. The molecule has 0 saturated carbocycles. The SMILES string of the molecule is O=C(NC1C(O)NC(=O)N2CCN(CCCl)C(=O)C12)c1ccccc1. The van der Waals surface area contributed by atoms with Crippen molar-refractivity contribution in [3.63, 3.8) is 0 Å². The summed E-state index contributed by atoms with van der Waals surface area (Å²) in [6, 6.07) is 6.02. The molecule has 3 atom stereocenters. The molecule has 0 aliphatic carbocycles. The number of nitrogens with one attached hydrogen (secondary N) is 2. The van der Waals surface area contributed by atoms with E-state index in [1.54, 1.807) is 35.2 Å². The molecule has 0 radical (unpaired) electrons. The normalized spacial score (nSPS) is 26.1. The molecule has 2 aliphatic rings. The Morgan fingerprint density at radius 1 is 1.28 bits per heavy atom. The van der Waals surface area contributed by atoms with Gasteiger partial charge in [0.1, 0.15) is 12.1 Å². The number of aliphatic hydroxyl groups excluding tert-OH is 1. The first-order chi connectivity index (χ1) is 12.0. The smallest absolute Gasteiger partial charge is 0.320 e. The third kappa shape index (κ3) is 3.40. The Morgan fingerprint density at radius 3 is 2.68 bits per heavy atom. The zero-order chi connectivity index (χ0) is 18.0. The molecular weight excluding hydrogens is 348 g/mol. The summed E-state index contributed by atoms with van der Waals surface area (Å²) in [5.41, 5.74) is 0.402. The lowest BCUT2D eigenvalue weighted by Gasteiger charge is -2.48. The van der Waals surface area contributed by atoms with Crippen molar-refractivity contribution >= 4 is 29.4 Å². The van der Waals surface area contributed by atoms with Crippen LogP contribution in [-0.4, -0.2) is 76.6 Å². The second-order valence-corrected chi connectivity index (χ2v) is 6.29. The van der Waals surface area contributed by atoms with Gasteiger partial charge in [0, 0.05) is 31.1 Å². The molecule has 3 N–H and O–H groups in total. The van der Waals surface area contributed by atoms with E-state index in [2.05, 4.69) is 10.6 Å². The van der Waals surface area contributed by atoms with Crippen LogP contribution in [0.2, 0.25) is 0 Å². The number of piperazine rings is 1. The lowest BCUT2D eigenvalue weighted by atomic mass is 9.97. The van der Waals surface area contributed by atoms with Crippen LogP contribution in [0, 0.1) is 0 Å². The maximum absolute atomic E-state index is 12.8. The molecular formula is C16H19ClN4O4. The van der Waals surface area contributed by atoms with Crippen LogP contribution in [0.1, 0.15) is 10.4 Å². The van der Waals surface area contributed by atoms with Crippen molar-refractivity contribution in [2.75, 3.05) is 25.5 Å². The third-order valence-corrected chi connectivity index (χ3v) is 4.58. The molecule has 0 bridgehead atoms. The molecule has 2 fully saturated rings. The van der Waals surface area contributed by atoms with Crippen molar-refractivity contribution in [2.45, 2.75) is 18.3 Å². The van der Waals surface area contributed by atoms with Gasteiger partial charge in [-0.2, -0.15) is 0 Å². The summed E-state index contributed by atoms with van der Waals surface area (Å²) >= 11 is 5.73. The molecule has 25 heavy (non-hydrogen) atoms. The number of rotatable bonds is 4. The molecule has 2 heterocycles. The van der Waals surface area contributed by atoms with Crippen LogP contribution in [0.5, 0.6) is 0 Å². The van der Waals surface area contributed by atoms with Crippen LogP contribution in [-0.2, 0) is 4.79 Å². The number of halogens is 1. The standard InChI is InChI=1S/C16H19ClN4O4/c17-6-7-20-8-9-21-12(15(20)24)11(14(23)19-16(21)25)18-13(22)10-4-2-1-3-5-10/h1-5,11-12,14,23H,6-9H2,(H,18,22)(H,19,25). The van der Waals surface area contributed by atoms with Crippen LogP contribution < -0.4 is 10.6 Å². The van der Waals surface area contributed by atoms with Gasteiger partial charge < -0.3 is 25.5 Å². The third-order valence-electron chi connectivity index (χ3n) is 4.41. The van der Waals surface area contributed by atoms with E-state index in [4.69, 9.17) is 11.6 Å². The predicted molar refractivity (Wildman–Crippen MR) is 90.0 cm³/mol. The van der Waals surface area contributed by atoms with E-state index in [9.17, 15) is 19.5 Å². The monoisotopic (exact) mass is 366 g/mol. The van der Waals surface area contributed by atoms with E-state index in [0.717, 1.165) is 0 Å². The second-order valence-electron chi connectivity index (χ2n) is 5.91. The first kappa shape index (κ1) is 17.5. The van der Waals surface area contributed by atoms with Gasteiger partial charge >= 0.3 is 6.03 Å². The largest absolute Gasteiger partial charge is 0.371 e. The fourth-order valence-corrected chi connectivity index (χ4v) is 3.36. The van der Waals surface area contributed by atoms with E-state index in [1.165, 1.54) is 4.90 Å². The van der Waals surface area contributed by atoms with Crippen molar-refractivity contribution in [2.24, 2.45) is 0 Å². The summed E-state index contributed by atoms with van der Waals surface area (Å²) in [4.78, 5) is 40.2. The van der Waals surface area contributed by atoms with Gasteiger partial charge in [-0.1, -0.05) is 18.2 Å².